The van der Waals surface area contributed by atoms with E-state index in [0.717, 1.165) is 31.6 Å². The number of pyridine rings is 1. The number of nitrogens with zero attached hydrogens (tertiary/aromatic N) is 3. The molecule has 4 nitrogen and oxygen atoms in total. The Bertz CT molecular complexity index is 815. The number of likely N-dealkylation sites (N-methyl/N-ethyl adjacent to an activating group) is 1. The molecule has 26 heavy (non-hydrogen) atoms. The molecule has 0 radical (unpaired) electrons. The first kappa shape index (κ1) is 18.2. The summed E-state index contributed by atoms with van der Waals surface area (Å²) in [6.45, 7) is 2.83. The molecule has 2 fully saturated rings. The quantitative estimate of drug-likeness (QED) is 0.568. The standard InChI is InChI=1S/C18H19Cl2FN4S/c1-24-8-4-6-18(24)10-25(11-18)13-9-12(19)17(16(21)15(13)20)26-23-14-5-2-3-7-22-14/h2-3,5,7,9H,4,6,8,10-11H2,1H3,(H,22,23). The molecule has 1 aromatic heterocycles. The molecule has 0 aliphatic carbocycles. The van der Waals surface area contributed by atoms with Gasteiger partial charge in [0.1, 0.15) is 10.8 Å². The normalized spacial score (nSPS) is 19.0. The lowest BCUT2D eigenvalue weighted by atomic mass is 9.86. The molecule has 2 aromatic rings. The Morgan fingerprint density at radius 3 is 2.77 bits per heavy atom. The van der Waals surface area contributed by atoms with Crippen LogP contribution in [0.5, 0.6) is 0 Å². The molecule has 2 aliphatic rings. The Kier molecular flexibility index (Phi) is 4.94. The average Bonchev–Trinajstić information content (AvgIpc) is 2.99. The summed E-state index contributed by atoms with van der Waals surface area (Å²) in [7, 11) is 2.16. The zero-order valence-corrected chi connectivity index (χ0v) is 16.6. The largest absolute Gasteiger partial charge is 0.366 e. The molecule has 0 amide bonds. The van der Waals surface area contributed by atoms with Crippen LogP contribution < -0.4 is 9.62 Å². The van der Waals surface area contributed by atoms with Gasteiger partial charge in [0.25, 0.3) is 0 Å². The van der Waals surface area contributed by atoms with Crippen LogP contribution >= 0.6 is 35.1 Å². The van der Waals surface area contributed by atoms with E-state index in [0.29, 0.717) is 16.5 Å². The van der Waals surface area contributed by atoms with E-state index in [2.05, 4.69) is 26.6 Å². The second-order valence-corrected chi connectivity index (χ2v) is 8.46. The lowest BCUT2D eigenvalue weighted by Gasteiger charge is -2.53. The number of hydrogen-bond acceptors (Lipinski definition) is 5. The van der Waals surface area contributed by atoms with E-state index in [9.17, 15) is 4.39 Å². The fourth-order valence-electron chi connectivity index (χ4n) is 3.72. The van der Waals surface area contributed by atoms with Gasteiger partial charge in [-0.3, -0.25) is 4.90 Å². The Morgan fingerprint density at radius 1 is 1.31 bits per heavy atom. The number of rotatable bonds is 4. The van der Waals surface area contributed by atoms with Crippen molar-refractivity contribution in [2.24, 2.45) is 0 Å². The van der Waals surface area contributed by atoms with E-state index in [1.165, 1.54) is 12.8 Å². The zero-order valence-electron chi connectivity index (χ0n) is 14.3. The molecule has 2 aliphatic heterocycles. The maximum absolute atomic E-state index is 14.9. The smallest absolute Gasteiger partial charge is 0.160 e. The third kappa shape index (κ3) is 3.13. The van der Waals surface area contributed by atoms with Crippen molar-refractivity contribution in [2.45, 2.75) is 23.3 Å². The van der Waals surface area contributed by atoms with Crippen LogP contribution in [0, 0.1) is 5.82 Å². The van der Waals surface area contributed by atoms with E-state index >= 15 is 0 Å². The van der Waals surface area contributed by atoms with Gasteiger partial charge in [-0.15, -0.1) is 0 Å². The monoisotopic (exact) mass is 412 g/mol. The molecule has 4 rings (SSSR count). The maximum Gasteiger partial charge on any atom is 0.160 e. The molecule has 1 spiro atoms. The highest BCUT2D eigenvalue weighted by atomic mass is 35.5. The predicted octanol–water partition coefficient (Wildman–Crippen LogP) is 4.93. The summed E-state index contributed by atoms with van der Waals surface area (Å²) in [6, 6.07) is 7.23. The maximum atomic E-state index is 14.9. The van der Waals surface area contributed by atoms with Gasteiger partial charge in [-0.05, 0) is 56.6 Å². The van der Waals surface area contributed by atoms with Crippen LogP contribution in [0.25, 0.3) is 0 Å². The fourth-order valence-corrected chi connectivity index (χ4v) is 5.03. The van der Waals surface area contributed by atoms with Crippen molar-refractivity contribution in [1.82, 2.24) is 9.88 Å². The molecule has 0 unspecified atom stereocenters. The summed E-state index contributed by atoms with van der Waals surface area (Å²) < 4.78 is 17.9. The van der Waals surface area contributed by atoms with Crippen LogP contribution in [0.15, 0.2) is 35.4 Å². The van der Waals surface area contributed by atoms with Gasteiger partial charge in [0.15, 0.2) is 5.82 Å². The summed E-state index contributed by atoms with van der Waals surface area (Å²) in [4.78, 5) is 8.94. The minimum Gasteiger partial charge on any atom is -0.366 e. The number of aromatic nitrogens is 1. The molecule has 0 atom stereocenters. The Morgan fingerprint density at radius 2 is 2.12 bits per heavy atom. The summed E-state index contributed by atoms with van der Waals surface area (Å²) in [6.07, 6.45) is 4.05. The van der Waals surface area contributed by atoms with Crippen LogP contribution in [-0.2, 0) is 0 Å². The first-order chi connectivity index (χ1) is 12.5. The molecule has 0 bridgehead atoms. The van der Waals surface area contributed by atoms with Gasteiger partial charge in [-0.1, -0.05) is 29.3 Å². The van der Waals surface area contributed by atoms with Crippen LogP contribution in [0.3, 0.4) is 0 Å². The third-order valence-corrected chi connectivity index (χ3v) is 6.96. The zero-order chi connectivity index (χ0) is 18.3. The van der Waals surface area contributed by atoms with Crippen molar-refractivity contribution in [3.8, 4) is 0 Å². The number of benzene rings is 1. The van der Waals surface area contributed by atoms with Crippen LogP contribution in [0.1, 0.15) is 12.8 Å². The van der Waals surface area contributed by atoms with Crippen molar-refractivity contribution >= 4 is 46.7 Å². The van der Waals surface area contributed by atoms with Gasteiger partial charge in [-0.2, -0.15) is 0 Å². The molecule has 2 saturated heterocycles. The van der Waals surface area contributed by atoms with Gasteiger partial charge >= 0.3 is 0 Å². The number of hydrogen-bond donors (Lipinski definition) is 1. The highest BCUT2D eigenvalue weighted by Gasteiger charge is 2.49. The first-order valence-corrected chi connectivity index (χ1v) is 10.0. The predicted molar refractivity (Wildman–Crippen MR) is 107 cm³/mol. The van der Waals surface area contributed by atoms with Crippen LogP contribution in [-0.4, -0.2) is 42.1 Å². The van der Waals surface area contributed by atoms with Crippen LogP contribution in [0.2, 0.25) is 10.0 Å². The molecular formula is C18H19Cl2FN4S. The van der Waals surface area contributed by atoms with Crippen molar-refractivity contribution < 1.29 is 4.39 Å². The number of anilines is 2. The van der Waals surface area contributed by atoms with Crippen molar-refractivity contribution in [1.29, 1.82) is 0 Å². The van der Waals surface area contributed by atoms with Crippen LogP contribution in [0.4, 0.5) is 15.9 Å². The molecule has 3 heterocycles. The average molecular weight is 413 g/mol. The Labute approximate surface area is 166 Å². The molecule has 0 saturated carbocycles. The number of nitrogens with one attached hydrogen (secondary N) is 1. The van der Waals surface area contributed by atoms with Gasteiger partial charge in [0.05, 0.1) is 21.1 Å². The number of likely N-dealkylation sites (tertiary alicyclic amines) is 1. The summed E-state index contributed by atoms with van der Waals surface area (Å²) in [5.74, 6) is 0.130. The van der Waals surface area contributed by atoms with Crippen molar-refractivity contribution in [3.05, 3.63) is 46.3 Å². The Hall–Kier alpha value is -1.21. The summed E-state index contributed by atoms with van der Waals surface area (Å²) in [5, 5.41) is 0.464. The van der Waals surface area contributed by atoms with E-state index in [4.69, 9.17) is 23.2 Å². The van der Waals surface area contributed by atoms with E-state index in [-0.39, 0.29) is 15.5 Å². The number of halogens is 3. The molecular weight excluding hydrogens is 394 g/mol. The van der Waals surface area contributed by atoms with E-state index < -0.39 is 5.82 Å². The minimum absolute atomic E-state index is 0.121. The van der Waals surface area contributed by atoms with Crippen molar-refractivity contribution in [3.63, 3.8) is 0 Å². The van der Waals surface area contributed by atoms with E-state index in [1.54, 1.807) is 18.3 Å². The highest BCUT2D eigenvalue weighted by molar-refractivity contribution is 8.00. The van der Waals surface area contributed by atoms with Gasteiger partial charge in [0, 0.05) is 19.3 Å². The van der Waals surface area contributed by atoms with Crippen molar-refractivity contribution in [2.75, 3.05) is 36.3 Å². The second-order valence-electron chi connectivity index (χ2n) is 6.86. The SMILES string of the molecule is CN1CCCC12CN(c1cc(Cl)c(SNc3ccccn3)c(F)c1Cl)C2. The first-order valence-electron chi connectivity index (χ1n) is 8.48. The third-order valence-electron chi connectivity index (χ3n) is 5.28. The lowest BCUT2D eigenvalue weighted by Crippen LogP contribution is -2.67. The highest BCUT2D eigenvalue weighted by Crippen LogP contribution is 2.45. The Balaban J connectivity index is 1.52. The van der Waals surface area contributed by atoms with E-state index in [1.807, 2.05) is 12.1 Å². The minimum atomic E-state index is -0.497. The van der Waals surface area contributed by atoms with Gasteiger partial charge in [-0.25, -0.2) is 9.37 Å². The summed E-state index contributed by atoms with van der Waals surface area (Å²) in [5.41, 5.74) is 0.877. The summed E-state index contributed by atoms with van der Waals surface area (Å²) >= 11 is 13.8. The lowest BCUT2D eigenvalue weighted by molar-refractivity contribution is 0.133. The fraction of sp³-hybridized carbons (Fsp3) is 0.389. The molecule has 1 N–H and O–H groups in total. The van der Waals surface area contributed by atoms with Gasteiger partial charge < -0.3 is 9.62 Å². The molecule has 8 heteroatoms. The second kappa shape index (κ2) is 7.08. The molecule has 1 aromatic carbocycles. The topological polar surface area (TPSA) is 31.4 Å². The van der Waals surface area contributed by atoms with Gasteiger partial charge in [0.2, 0.25) is 0 Å². The molecule has 138 valence electrons.